The molecule has 48 heavy (non-hydrogen) atoms. The number of benzene rings is 4. The van der Waals surface area contributed by atoms with Crippen LogP contribution in [0.15, 0.2) is 97.1 Å². The van der Waals surface area contributed by atoms with Gasteiger partial charge in [-0.25, -0.2) is 0 Å². The largest absolute Gasteiger partial charge is 1.00 e. The number of ether oxygens (including phenoxy) is 2. The molecule has 0 radical (unpaired) electrons. The number of rotatable bonds is 8. The SMILES string of the molecule is CC(=O)Oc1ccc(/C=C/C(=O)Nc2ccc(C)cc2)cc1OC(C)=O.Cc1ccc(NC(=O)/C=C/c2ccc(O)c(O)c2)cc1.[K+].[OH-]. The Kier molecular flexibility index (Phi) is 17.8. The summed E-state index contributed by atoms with van der Waals surface area (Å²) in [6.07, 6.45) is 5.85. The molecule has 0 bridgehead atoms. The summed E-state index contributed by atoms with van der Waals surface area (Å²) in [5, 5.41) is 24.0. The number of aromatic hydroxyl groups is 2. The van der Waals surface area contributed by atoms with E-state index in [-0.39, 0.29) is 91.7 Å². The number of aryl methyl sites for hydroxylation is 2. The fraction of sp³-hybridized carbons (Fsp3) is 0.111. The Labute approximate surface area is 321 Å². The number of hydrogen-bond acceptors (Lipinski definition) is 9. The van der Waals surface area contributed by atoms with Crippen LogP contribution in [-0.2, 0) is 19.2 Å². The molecule has 0 saturated carbocycles. The van der Waals surface area contributed by atoms with Gasteiger partial charge in [0.25, 0.3) is 0 Å². The summed E-state index contributed by atoms with van der Waals surface area (Å²) < 4.78 is 10.0. The minimum atomic E-state index is -0.545. The number of nitrogens with one attached hydrogen (secondary N) is 2. The van der Waals surface area contributed by atoms with Crippen LogP contribution in [0.2, 0.25) is 0 Å². The zero-order chi connectivity index (χ0) is 33.6. The van der Waals surface area contributed by atoms with Gasteiger partial charge >= 0.3 is 63.3 Å². The van der Waals surface area contributed by atoms with Gasteiger partial charge in [0.05, 0.1) is 0 Å². The van der Waals surface area contributed by atoms with Crippen molar-refractivity contribution in [2.24, 2.45) is 0 Å². The summed E-state index contributed by atoms with van der Waals surface area (Å²) in [6, 6.07) is 23.9. The second-order valence-electron chi connectivity index (χ2n) is 10.0. The predicted molar refractivity (Wildman–Crippen MR) is 178 cm³/mol. The van der Waals surface area contributed by atoms with E-state index in [0.717, 1.165) is 16.8 Å². The summed E-state index contributed by atoms with van der Waals surface area (Å²) in [5.41, 5.74) is 4.87. The first-order valence-electron chi connectivity index (χ1n) is 14.0. The summed E-state index contributed by atoms with van der Waals surface area (Å²) in [7, 11) is 0. The first-order valence-corrected chi connectivity index (χ1v) is 14.0. The second kappa shape index (κ2) is 20.6. The van der Waals surface area contributed by atoms with Crippen molar-refractivity contribution in [3.8, 4) is 23.0 Å². The Hall–Kier alpha value is -4.56. The summed E-state index contributed by atoms with van der Waals surface area (Å²) in [4.78, 5) is 46.0. The van der Waals surface area contributed by atoms with Gasteiger partial charge in [0.2, 0.25) is 11.8 Å². The van der Waals surface area contributed by atoms with E-state index in [1.165, 1.54) is 50.3 Å². The van der Waals surface area contributed by atoms with Gasteiger partial charge in [0.1, 0.15) is 0 Å². The molecule has 0 aliphatic rings. The number of amides is 2. The smallest absolute Gasteiger partial charge is 0.870 e. The summed E-state index contributed by atoms with van der Waals surface area (Å²) >= 11 is 0. The number of hydrogen-bond donors (Lipinski definition) is 4. The fourth-order valence-corrected chi connectivity index (χ4v) is 3.73. The van der Waals surface area contributed by atoms with E-state index >= 15 is 0 Å². The second-order valence-corrected chi connectivity index (χ2v) is 10.0. The standard InChI is InChI=1S/C20H19NO5.C16H15NO3.K.H2O/c1-13-4-8-17(9-5-13)21-20(24)11-7-16-6-10-18(25-14(2)22)19(12-16)26-15(3)23;1-11-2-6-13(7-3-11)17-16(20)9-5-12-4-8-14(18)15(19)10-12;;/h4-12H,1-3H3,(H,21,24);2-10,18-19H,1H3,(H,17,20);;1H2/q;;+1;/p-1/b11-7+;9-5+;;. The molecule has 0 saturated heterocycles. The van der Waals surface area contributed by atoms with E-state index in [4.69, 9.17) is 9.47 Å². The van der Waals surface area contributed by atoms with Crippen molar-refractivity contribution in [2.75, 3.05) is 10.6 Å². The number of anilines is 2. The molecule has 0 spiro atoms. The monoisotopic (exact) mass is 678 g/mol. The van der Waals surface area contributed by atoms with E-state index in [0.29, 0.717) is 16.8 Å². The van der Waals surface area contributed by atoms with Crippen LogP contribution in [0, 0.1) is 13.8 Å². The quantitative estimate of drug-likeness (QED) is 0.0714. The molecule has 0 atom stereocenters. The summed E-state index contributed by atoms with van der Waals surface area (Å²) in [5.74, 6) is -1.80. The molecule has 0 aliphatic carbocycles. The van der Waals surface area contributed by atoms with Crippen LogP contribution in [0.3, 0.4) is 0 Å². The van der Waals surface area contributed by atoms with Crippen LogP contribution in [0.25, 0.3) is 12.2 Å². The van der Waals surface area contributed by atoms with Crippen molar-refractivity contribution in [1.29, 1.82) is 0 Å². The Morgan fingerprint density at radius 3 is 1.44 bits per heavy atom. The van der Waals surface area contributed by atoms with Gasteiger partial charge < -0.3 is 35.8 Å². The van der Waals surface area contributed by atoms with E-state index in [1.807, 2.05) is 62.4 Å². The minimum absolute atomic E-state index is 0. The third kappa shape index (κ3) is 14.9. The van der Waals surface area contributed by atoms with Gasteiger partial charge in [-0.1, -0.05) is 47.5 Å². The van der Waals surface area contributed by atoms with Crippen LogP contribution < -0.4 is 71.5 Å². The molecule has 5 N–H and O–H groups in total. The number of phenolic OH excluding ortho intramolecular Hbond substituents is 2. The minimum Gasteiger partial charge on any atom is -0.870 e. The zero-order valence-electron chi connectivity index (χ0n) is 27.2. The van der Waals surface area contributed by atoms with Gasteiger partial charge in [-0.15, -0.1) is 0 Å². The topological polar surface area (TPSA) is 181 Å². The fourth-order valence-electron chi connectivity index (χ4n) is 3.73. The number of carbonyl (C=O) groups is 4. The molecule has 11 nitrogen and oxygen atoms in total. The molecule has 4 rings (SSSR count). The molecular weight excluding hydrogens is 643 g/mol. The van der Waals surface area contributed by atoms with Crippen LogP contribution in [0.1, 0.15) is 36.1 Å². The van der Waals surface area contributed by atoms with E-state index < -0.39 is 11.9 Å². The maximum atomic E-state index is 12.0. The van der Waals surface area contributed by atoms with Crippen molar-refractivity contribution in [1.82, 2.24) is 0 Å². The normalized spacial score (nSPS) is 10.1. The Bertz CT molecular complexity index is 1770. The maximum Gasteiger partial charge on any atom is 1.00 e. The third-order valence-electron chi connectivity index (χ3n) is 5.97. The molecular formula is C36H35KN2O9. The van der Waals surface area contributed by atoms with Crippen LogP contribution in [0.5, 0.6) is 23.0 Å². The molecule has 0 aromatic heterocycles. The van der Waals surface area contributed by atoms with Gasteiger partial charge in [-0.2, -0.15) is 0 Å². The van der Waals surface area contributed by atoms with Crippen molar-refractivity contribution in [3.05, 3.63) is 119 Å². The van der Waals surface area contributed by atoms with Gasteiger partial charge in [-0.05, 0) is 85.7 Å². The predicted octanol–water partition coefficient (Wildman–Crippen LogP) is 3.38. The van der Waals surface area contributed by atoms with Crippen molar-refractivity contribution >= 4 is 47.3 Å². The van der Waals surface area contributed by atoms with Crippen molar-refractivity contribution in [2.45, 2.75) is 27.7 Å². The first-order chi connectivity index (χ1) is 21.9. The van der Waals surface area contributed by atoms with Crippen molar-refractivity contribution < 1.29 is 95.7 Å². The van der Waals surface area contributed by atoms with Crippen LogP contribution in [-0.4, -0.2) is 39.4 Å². The third-order valence-corrected chi connectivity index (χ3v) is 5.97. The van der Waals surface area contributed by atoms with Crippen LogP contribution in [0.4, 0.5) is 11.4 Å². The van der Waals surface area contributed by atoms with Gasteiger partial charge in [0.15, 0.2) is 23.0 Å². The Morgan fingerprint density at radius 2 is 1.00 bits per heavy atom. The molecule has 12 heteroatoms. The van der Waals surface area contributed by atoms with E-state index in [9.17, 15) is 29.4 Å². The molecule has 0 unspecified atom stereocenters. The van der Waals surface area contributed by atoms with E-state index in [1.54, 1.807) is 24.3 Å². The molecule has 4 aromatic rings. The molecule has 0 aliphatic heterocycles. The van der Waals surface area contributed by atoms with Crippen molar-refractivity contribution in [3.63, 3.8) is 0 Å². The van der Waals surface area contributed by atoms with Crippen LogP contribution >= 0.6 is 0 Å². The Morgan fingerprint density at radius 1 is 0.583 bits per heavy atom. The molecule has 4 aromatic carbocycles. The first kappa shape index (κ1) is 41.5. The molecule has 0 fully saturated rings. The molecule has 2 amide bonds. The van der Waals surface area contributed by atoms with Gasteiger partial charge in [-0.3, -0.25) is 19.2 Å². The zero-order valence-corrected chi connectivity index (χ0v) is 30.3. The number of phenols is 2. The number of carbonyl (C=O) groups excluding carboxylic acids is 4. The molecule has 244 valence electrons. The average Bonchev–Trinajstić information content (AvgIpc) is 3.00. The van der Waals surface area contributed by atoms with E-state index in [2.05, 4.69) is 10.6 Å². The molecule has 0 heterocycles. The maximum absolute atomic E-state index is 12.0. The Balaban J connectivity index is 0.000000475. The average molecular weight is 679 g/mol. The number of esters is 2. The summed E-state index contributed by atoms with van der Waals surface area (Å²) in [6.45, 7) is 6.43. The van der Waals surface area contributed by atoms with Gasteiger partial charge in [0, 0.05) is 37.4 Å².